The van der Waals surface area contributed by atoms with Crippen molar-refractivity contribution in [3.05, 3.63) is 66.1 Å². The van der Waals surface area contributed by atoms with Crippen LogP contribution < -0.4 is 10.6 Å². The van der Waals surface area contributed by atoms with Gasteiger partial charge in [-0.25, -0.2) is 4.98 Å². The van der Waals surface area contributed by atoms with Crippen molar-refractivity contribution in [3.63, 3.8) is 0 Å². The molecule has 3 N–H and O–H groups in total. The number of H-pyrrole nitrogens is 1. The summed E-state index contributed by atoms with van der Waals surface area (Å²) in [5, 5.41) is 5.51. The highest BCUT2D eigenvalue weighted by molar-refractivity contribution is 6.05. The summed E-state index contributed by atoms with van der Waals surface area (Å²) >= 11 is 0. The van der Waals surface area contributed by atoms with Crippen LogP contribution in [-0.2, 0) is 4.79 Å². The van der Waals surface area contributed by atoms with E-state index in [2.05, 4.69) is 20.6 Å². The zero-order valence-electron chi connectivity index (χ0n) is 14.0. The van der Waals surface area contributed by atoms with E-state index in [-0.39, 0.29) is 11.8 Å². The minimum Gasteiger partial charge on any atom is -0.348 e. The van der Waals surface area contributed by atoms with E-state index in [1.165, 1.54) is 6.92 Å². The molecule has 3 aromatic rings. The monoisotopic (exact) mass is 334 g/mol. The highest BCUT2D eigenvalue weighted by Gasteiger charge is 2.09. The zero-order valence-corrected chi connectivity index (χ0v) is 14.0. The summed E-state index contributed by atoms with van der Waals surface area (Å²) < 4.78 is 0. The van der Waals surface area contributed by atoms with E-state index in [4.69, 9.17) is 0 Å². The number of anilines is 2. The van der Waals surface area contributed by atoms with Gasteiger partial charge in [-0.3, -0.25) is 9.59 Å². The standard InChI is InChI=1S/C19H18N4O2/c1-12-18(21-11-20-12)14-6-8-16(9-7-14)23-19(25)15-4-3-5-17(10-15)22-13(2)24/h3-11H,1-2H3,(H,20,21)(H,22,24)(H,23,25). The lowest BCUT2D eigenvalue weighted by Crippen LogP contribution is -2.13. The second-order valence-electron chi connectivity index (χ2n) is 5.67. The predicted molar refractivity (Wildman–Crippen MR) is 97.5 cm³/mol. The van der Waals surface area contributed by atoms with Gasteiger partial charge in [-0.15, -0.1) is 0 Å². The summed E-state index contributed by atoms with van der Waals surface area (Å²) in [6, 6.07) is 14.3. The second-order valence-corrected chi connectivity index (χ2v) is 5.67. The fourth-order valence-electron chi connectivity index (χ4n) is 2.51. The van der Waals surface area contributed by atoms with Gasteiger partial charge in [-0.05, 0) is 37.3 Å². The molecule has 25 heavy (non-hydrogen) atoms. The molecule has 1 aromatic heterocycles. The predicted octanol–water partition coefficient (Wildman–Crippen LogP) is 3.60. The van der Waals surface area contributed by atoms with Gasteiger partial charge in [0.05, 0.1) is 12.0 Å². The molecule has 0 aliphatic heterocycles. The first-order chi connectivity index (χ1) is 12.0. The first kappa shape index (κ1) is 16.4. The number of hydrogen-bond donors (Lipinski definition) is 3. The molecule has 1 heterocycles. The number of aromatic nitrogens is 2. The Morgan fingerprint density at radius 2 is 1.76 bits per heavy atom. The lowest BCUT2D eigenvalue weighted by molar-refractivity contribution is -0.114. The number of nitrogens with one attached hydrogen (secondary N) is 3. The maximum Gasteiger partial charge on any atom is 0.255 e. The van der Waals surface area contributed by atoms with E-state index in [1.807, 2.05) is 31.2 Å². The molecule has 0 unspecified atom stereocenters. The van der Waals surface area contributed by atoms with Crippen molar-refractivity contribution in [1.82, 2.24) is 9.97 Å². The number of amides is 2. The Kier molecular flexibility index (Phi) is 4.61. The molecule has 0 spiro atoms. The molecule has 0 aliphatic carbocycles. The molecular formula is C19H18N4O2. The van der Waals surface area contributed by atoms with Crippen LogP contribution in [0.15, 0.2) is 54.9 Å². The van der Waals surface area contributed by atoms with Gasteiger partial charge in [-0.1, -0.05) is 18.2 Å². The molecule has 3 rings (SSSR count). The Balaban J connectivity index is 1.73. The Morgan fingerprint density at radius 3 is 2.40 bits per heavy atom. The summed E-state index contributed by atoms with van der Waals surface area (Å²) in [6.07, 6.45) is 1.66. The Morgan fingerprint density at radius 1 is 1.00 bits per heavy atom. The summed E-state index contributed by atoms with van der Waals surface area (Å²) in [6.45, 7) is 3.38. The number of aromatic amines is 1. The SMILES string of the molecule is CC(=O)Nc1cccc(C(=O)Nc2ccc(-c3nc[nH]c3C)cc2)c1. The van der Waals surface area contributed by atoms with Gasteiger partial charge in [0.25, 0.3) is 5.91 Å². The average molecular weight is 334 g/mol. The highest BCUT2D eigenvalue weighted by Crippen LogP contribution is 2.22. The van der Waals surface area contributed by atoms with Crippen LogP contribution >= 0.6 is 0 Å². The van der Waals surface area contributed by atoms with Gasteiger partial charge in [0.15, 0.2) is 0 Å². The molecule has 6 heteroatoms. The number of carbonyl (C=O) groups is 2. The average Bonchev–Trinajstić information content (AvgIpc) is 3.01. The van der Waals surface area contributed by atoms with Crippen LogP contribution in [0.4, 0.5) is 11.4 Å². The number of rotatable bonds is 4. The minimum absolute atomic E-state index is 0.179. The van der Waals surface area contributed by atoms with Gasteiger partial charge in [0.2, 0.25) is 5.91 Å². The fraction of sp³-hybridized carbons (Fsp3) is 0.105. The van der Waals surface area contributed by atoms with Crippen LogP contribution in [0.25, 0.3) is 11.3 Å². The summed E-state index contributed by atoms with van der Waals surface area (Å²) in [7, 11) is 0. The van der Waals surface area contributed by atoms with E-state index in [1.54, 1.807) is 30.6 Å². The van der Waals surface area contributed by atoms with Crippen molar-refractivity contribution in [2.75, 3.05) is 10.6 Å². The summed E-state index contributed by atoms with van der Waals surface area (Å²) in [4.78, 5) is 30.8. The maximum absolute atomic E-state index is 12.4. The van der Waals surface area contributed by atoms with Gasteiger partial charge in [0, 0.05) is 35.1 Å². The number of imidazole rings is 1. The normalized spacial score (nSPS) is 10.3. The van der Waals surface area contributed by atoms with Crippen LogP contribution in [0.5, 0.6) is 0 Å². The highest BCUT2D eigenvalue weighted by atomic mass is 16.2. The van der Waals surface area contributed by atoms with Crippen molar-refractivity contribution in [1.29, 1.82) is 0 Å². The van der Waals surface area contributed by atoms with Crippen molar-refractivity contribution in [2.45, 2.75) is 13.8 Å². The zero-order chi connectivity index (χ0) is 17.8. The van der Waals surface area contributed by atoms with Crippen LogP contribution in [0.1, 0.15) is 23.0 Å². The molecule has 0 saturated heterocycles. The molecule has 2 amide bonds. The quantitative estimate of drug-likeness (QED) is 0.681. The number of aryl methyl sites for hydroxylation is 1. The number of hydrogen-bond acceptors (Lipinski definition) is 3. The molecule has 0 saturated carbocycles. The van der Waals surface area contributed by atoms with Crippen molar-refractivity contribution in [2.24, 2.45) is 0 Å². The summed E-state index contributed by atoms with van der Waals surface area (Å²) in [5.74, 6) is -0.419. The van der Waals surface area contributed by atoms with Crippen molar-refractivity contribution in [3.8, 4) is 11.3 Å². The lowest BCUT2D eigenvalue weighted by Gasteiger charge is -2.08. The first-order valence-corrected chi connectivity index (χ1v) is 7.82. The van der Waals surface area contributed by atoms with E-state index in [0.717, 1.165) is 17.0 Å². The number of carbonyl (C=O) groups excluding carboxylic acids is 2. The molecule has 126 valence electrons. The Hall–Kier alpha value is -3.41. The van der Waals surface area contributed by atoms with E-state index < -0.39 is 0 Å². The molecule has 0 radical (unpaired) electrons. The van der Waals surface area contributed by atoms with Crippen LogP contribution in [0.2, 0.25) is 0 Å². The summed E-state index contributed by atoms with van der Waals surface area (Å²) in [5.41, 5.74) is 4.60. The fourth-order valence-corrected chi connectivity index (χ4v) is 2.51. The molecule has 0 bridgehead atoms. The second kappa shape index (κ2) is 7.00. The number of benzene rings is 2. The first-order valence-electron chi connectivity index (χ1n) is 7.82. The third-order valence-corrected chi connectivity index (χ3v) is 3.69. The van der Waals surface area contributed by atoms with Crippen LogP contribution in [0, 0.1) is 6.92 Å². The van der Waals surface area contributed by atoms with Gasteiger partial charge < -0.3 is 15.6 Å². The van der Waals surface area contributed by atoms with Gasteiger partial charge in [-0.2, -0.15) is 0 Å². The third kappa shape index (κ3) is 3.92. The Labute approximate surface area is 145 Å². The molecule has 0 atom stereocenters. The van der Waals surface area contributed by atoms with E-state index >= 15 is 0 Å². The lowest BCUT2D eigenvalue weighted by atomic mass is 10.1. The molecule has 0 fully saturated rings. The van der Waals surface area contributed by atoms with E-state index in [9.17, 15) is 9.59 Å². The largest absolute Gasteiger partial charge is 0.348 e. The van der Waals surface area contributed by atoms with Gasteiger partial charge >= 0.3 is 0 Å². The third-order valence-electron chi connectivity index (χ3n) is 3.69. The molecule has 6 nitrogen and oxygen atoms in total. The number of nitrogens with zero attached hydrogens (tertiary/aromatic N) is 1. The van der Waals surface area contributed by atoms with Crippen molar-refractivity contribution >= 4 is 23.2 Å². The van der Waals surface area contributed by atoms with E-state index in [0.29, 0.717) is 16.9 Å². The van der Waals surface area contributed by atoms with Crippen LogP contribution in [-0.4, -0.2) is 21.8 Å². The maximum atomic E-state index is 12.4. The van der Waals surface area contributed by atoms with Crippen LogP contribution in [0.3, 0.4) is 0 Å². The smallest absolute Gasteiger partial charge is 0.255 e. The van der Waals surface area contributed by atoms with Crippen molar-refractivity contribution < 1.29 is 9.59 Å². The minimum atomic E-state index is -0.240. The van der Waals surface area contributed by atoms with Gasteiger partial charge in [0.1, 0.15) is 0 Å². The molecular weight excluding hydrogens is 316 g/mol. The Bertz CT molecular complexity index is 913. The molecule has 0 aliphatic rings. The molecule has 2 aromatic carbocycles. The topological polar surface area (TPSA) is 86.9 Å².